The van der Waals surface area contributed by atoms with Gasteiger partial charge in [-0.2, -0.15) is 0 Å². The number of benzene rings is 1. The van der Waals surface area contributed by atoms with E-state index in [2.05, 4.69) is 5.32 Å². The standard InChI is InChI=1S/C12H18FNO2/c1-7-9(5-6-14-3)11(15)12(16-4)8(2)10(7)13/h14-15H,5-6H2,1-4H3. The second kappa shape index (κ2) is 5.16. The maximum atomic E-state index is 13.8. The zero-order valence-electron chi connectivity index (χ0n) is 10.1. The lowest BCUT2D eigenvalue weighted by atomic mass is 9.99. The molecule has 1 rings (SSSR count). The van der Waals surface area contributed by atoms with E-state index >= 15 is 0 Å². The maximum Gasteiger partial charge on any atom is 0.166 e. The van der Waals surface area contributed by atoms with Crippen LogP contribution in [0.4, 0.5) is 4.39 Å². The molecule has 0 unspecified atom stereocenters. The summed E-state index contributed by atoms with van der Waals surface area (Å²) in [6, 6.07) is 0. The van der Waals surface area contributed by atoms with Gasteiger partial charge in [0.25, 0.3) is 0 Å². The average molecular weight is 227 g/mol. The van der Waals surface area contributed by atoms with Crippen LogP contribution in [0.25, 0.3) is 0 Å². The maximum absolute atomic E-state index is 13.8. The highest BCUT2D eigenvalue weighted by molar-refractivity contribution is 5.55. The molecule has 90 valence electrons. The molecule has 3 nitrogen and oxygen atoms in total. The molecule has 0 radical (unpaired) electrons. The second-order valence-corrected chi connectivity index (χ2v) is 3.78. The van der Waals surface area contributed by atoms with Crippen LogP contribution in [0.1, 0.15) is 16.7 Å². The molecule has 0 spiro atoms. The van der Waals surface area contributed by atoms with Gasteiger partial charge in [-0.25, -0.2) is 4.39 Å². The van der Waals surface area contributed by atoms with Crippen LogP contribution in [0.15, 0.2) is 0 Å². The fourth-order valence-corrected chi connectivity index (χ4v) is 1.81. The molecular formula is C12H18FNO2. The average Bonchev–Trinajstić information content (AvgIpc) is 2.27. The molecular weight excluding hydrogens is 209 g/mol. The number of rotatable bonds is 4. The van der Waals surface area contributed by atoms with Crippen molar-refractivity contribution in [1.82, 2.24) is 5.32 Å². The summed E-state index contributed by atoms with van der Waals surface area (Å²) in [6.07, 6.45) is 0.571. The molecule has 16 heavy (non-hydrogen) atoms. The van der Waals surface area contributed by atoms with E-state index in [9.17, 15) is 9.50 Å². The lowest BCUT2D eigenvalue weighted by molar-refractivity contribution is 0.363. The minimum absolute atomic E-state index is 0.0501. The van der Waals surface area contributed by atoms with Crippen molar-refractivity contribution >= 4 is 0 Å². The Morgan fingerprint density at radius 2 is 1.94 bits per heavy atom. The van der Waals surface area contributed by atoms with Gasteiger partial charge in [-0.3, -0.25) is 0 Å². The van der Waals surface area contributed by atoms with Gasteiger partial charge in [-0.1, -0.05) is 0 Å². The fraction of sp³-hybridized carbons (Fsp3) is 0.500. The first-order valence-electron chi connectivity index (χ1n) is 5.23. The zero-order valence-corrected chi connectivity index (χ0v) is 10.1. The van der Waals surface area contributed by atoms with E-state index in [-0.39, 0.29) is 17.3 Å². The molecule has 0 bridgehead atoms. The van der Waals surface area contributed by atoms with Gasteiger partial charge in [-0.15, -0.1) is 0 Å². The number of halogens is 1. The summed E-state index contributed by atoms with van der Waals surface area (Å²) in [7, 11) is 3.24. The third-order valence-electron chi connectivity index (χ3n) is 2.78. The summed E-state index contributed by atoms with van der Waals surface area (Å²) in [5.74, 6) is -0.0240. The van der Waals surface area contributed by atoms with Crippen molar-refractivity contribution < 1.29 is 14.2 Å². The Morgan fingerprint density at radius 3 is 2.44 bits per heavy atom. The Bertz CT molecular complexity index is 391. The van der Waals surface area contributed by atoms with Crippen LogP contribution < -0.4 is 10.1 Å². The number of methoxy groups -OCH3 is 1. The number of aromatic hydroxyl groups is 1. The summed E-state index contributed by atoms with van der Waals surface area (Å²) in [5.41, 5.74) is 1.45. The molecule has 0 atom stereocenters. The van der Waals surface area contributed by atoms with Crippen LogP contribution >= 0.6 is 0 Å². The van der Waals surface area contributed by atoms with Crippen molar-refractivity contribution in [1.29, 1.82) is 0 Å². The lowest BCUT2D eigenvalue weighted by Crippen LogP contribution is -2.12. The topological polar surface area (TPSA) is 41.5 Å². The third-order valence-corrected chi connectivity index (χ3v) is 2.78. The van der Waals surface area contributed by atoms with Gasteiger partial charge in [-0.05, 0) is 39.4 Å². The fourth-order valence-electron chi connectivity index (χ4n) is 1.81. The molecule has 1 aromatic rings. The van der Waals surface area contributed by atoms with E-state index in [1.54, 1.807) is 13.8 Å². The van der Waals surface area contributed by atoms with Crippen LogP contribution in [0.2, 0.25) is 0 Å². The molecule has 2 N–H and O–H groups in total. The second-order valence-electron chi connectivity index (χ2n) is 3.78. The molecule has 0 aliphatic heterocycles. The highest BCUT2D eigenvalue weighted by Gasteiger charge is 2.19. The minimum Gasteiger partial charge on any atom is -0.504 e. The Balaban J connectivity index is 3.31. The van der Waals surface area contributed by atoms with Gasteiger partial charge in [0.15, 0.2) is 11.5 Å². The van der Waals surface area contributed by atoms with Crippen molar-refractivity contribution in [2.24, 2.45) is 0 Å². The molecule has 0 saturated carbocycles. The van der Waals surface area contributed by atoms with Crippen molar-refractivity contribution in [3.63, 3.8) is 0 Å². The van der Waals surface area contributed by atoms with Crippen LogP contribution in [0, 0.1) is 19.7 Å². The monoisotopic (exact) mass is 227 g/mol. The largest absolute Gasteiger partial charge is 0.504 e. The van der Waals surface area contributed by atoms with E-state index in [1.165, 1.54) is 7.11 Å². The summed E-state index contributed by atoms with van der Waals surface area (Å²) in [4.78, 5) is 0. The first-order chi connectivity index (χ1) is 7.54. The number of hydrogen-bond acceptors (Lipinski definition) is 3. The molecule has 4 heteroatoms. The molecule has 0 aliphatic carbocycles. The Morgan fingerprint density at radius 1 is 1.31 bits per heavy atom. The van der Waals surface area contributed by atoms with Gasteiger partial charge in [0.2, 0.25) is 0 Å². The quantitative estimate of drug-likeness (QED) is 0.825. The first-order valence-corrected chi connectivity index (χ1v) is 5.23. The smallest absolute Gasteiger partial charge is 0.166 e. The Hall–Kier alpha value is -1.29. The van der Waals surface area contributed by atoms with Crippen LogP contribution in [-0.2, 0) is 6.42 Å². The van der Waals surface area contributed by atoms with Gasteiger partial charge >= 0.3 is 0 Å². The SMILES string of the molecule is CNCCc1c(C)c(F)c(C)c(OC)c1O. The van der Waals surface area contributed by atoms with Crippen molar-refractivity contribution in [3.8, 4) is 11.5 Å². The highest BCUT2D eigenvalue weighted by atomic mass is 19.1. The number of hydrogen-bond donors (Lipinski definition) is 2. The molecule has 0 amide bonds. The predicted octanol–water partition coefficient (Wildman–Crippen LogP) is 1.92. The van der Waals surface area contributed by atoms with Crippen molar-refractivity contribution in [2.75, 3.05) is 20.7 Å². The normalized spacial score (nSPS) is 10.6. The Kier molecular flexibility index (Phi) is 4.12. The predicted molar refractivity (Wildman–Crippen MR) is 61.7 cm³/mol. The highest BCUT2D eigenvalue weighted by Crippen LogP contribution is 2.37. The van der Waals surface area contributed by atoms with Crippen LogP contribution in [0.3, 0.4) is 0 Å². The molecule has 1 aromatic carbocycles. The summed E-state index contributed by atoms with van der Waals surface area (Å²) in [5, 5.41) is 12.9. The molecule has 0 aliphatic rings. The number of phenolic OH excluding ortho intramolecular Hbond substituents is 1. The summed E-state index contributed by atoms with van der Waals surface area (Å²) < 4.78 is 18.9. The number of likely N-dealkylation sites (N-methyl/N-ethyl adjacent to an activating group) is 1. The molecule has 0 fully saturated rings. The van der Waals surface area contributed by atoms with Gasteiger partial charge < -0.3 is 15.2 Å². The van der Waals surface area contributed by atoms with Gasteiger partial charge in [0.1, 0.15) is 5.82 Å². The molecule has 0 heterocycles. The minimum atomic E-state index is -0.305. The van der Waals surface area contributed by atoms with Gasteiger partial charge in [0.05, 0.1) is 7.11 Å². The molecule has 0 aromatic heterocycles. The van der Waals surface area contributed by atoms with Crippen molar-refractivity contribution in [2.45, 2.75) is 20.3 Å². The van der Waals surface area contributed by atoms with Gasteiger partial charge in [0, 0.05) is 11.1 Å². The molecule has 0 saturated heterocycles. The number of ether oxygens (including phenoxy) is 1. The first kappa shape index (κ1) is 12.8. The van der Waals surface area contributed by atoms with Crippen LogP contribution in [0.5, 0.6) is 11.5 Å². The van der Waals surface area contributed by atoms with Crippen LogP contribution in [-0.4, -0.2) is 25.8 Å². The van der Waals surface area contributed by atoms with E-state index in [1.807, 2.05) is 7.05 Å². The van der Waals surface area contributed by atoms with E-state index in [0.29, 0.717) is 29.7 Å². The third kappa shape index (κ3) is 2.11. The van der Waals surface area contributed by atoms with Crippen molar-refractivity contribution in [3.05, 3.63) is 22.5 Å². The summed E-state index contributed by atoms with van der Waals surface area (Å²) in [6.45, 7) is 3.95. The zero-order chi connectivity index (χ0) is 12.3. The number of phenols is 1. The van der Waals surface area contributed by atoms with E-state index in [4.69, 9.17) is 4.74 Å². The van der Waals surface area contributed by atoms with E-state index in [0.717, 1.165) is 0 Å². The lowest BCUT2D eigenvalue weighted by Gasteiger charge is -2.15. The number of nitrogens with one attached hydrogen (secondary N) is 1. The summed E-state index contributed by atoms with van der Waals surface area (Å²) >= 11 is 0. The Labute approximate surface area is 95.2 Å². The van der Waals surface area contributed by atoms with E-state index < -0.39 is 0 Å².